The van der Waals surface area contributed by atoms with Gasteiger partial charge in [0.2, 0.25) is 5.13 Å². The Morgan fingerprint density at radius 3 is 2.90 bits per heavy atom. The van der Waals surface area contributed by atoms with Crippen LogP contribution in [0.3, 0.4) is 0 Å². The minimum absolute atomic E-state index is 0.458. The summed E-state index contributed by atoms with van der Waals surface area (Å²) in [4.78, 5) is 5.94. The quantitative estimate of drug-likeness (QED) is 0.240. The van der Waals surface area contributed by atoms with E-state index in [1.165, 1.54) is 11.3 Å². The molecule has 0 unspecified atom stereocenters. The van der Waals surface area contributed by atoms with Gasteiger partial charge in [-0.15, -0.1) is 33.1 Å². The molecule has 9 heteroatoms. The SMILES string of the molecule is COc1ccc2nc3/c(=N\Nc4nncs4)c4ccc(CCl)cc4cc-3sc2c1. The molecule has 1 aliphatic carbocycles. The number of alkyl halides is 1. The third-order valence-corrected chi connectivity index (χ3v) is 6.49. The number of fused-ring (bicyclic) bond motifs is 3. The third kappa shape index (κ3) is 3.39. The molecule has 5 rings (SSSR count). The van der Waals surface area contributed by atoms with Crippen molar-refractivity contribution < 1.29 is 4.74 Å². The largest absolute Gasteiger partial charge is 0.497 e. The highest BCUT2D eigenvalue weighted by Gasteiger charge is 2.14. The summed E-state index contributed by atoms with van der Waals surface area (Å²) < 4.78 is 6.41. The van der Waals surface area contributed by atoms with Gasteiger partial charge < -0.3 is 4.74 Å². The Hall–Kier alpha value is -2.81. The molecule has 6 nitrogen and oxygen atoms in total. The van der Waals surface area contributed by atoms with Crippen LogP contribution in [0.15, 0.2) is 53.1 Å². The van der Waals surface area contributed by atoms with E-state index in [1.54, 1.807) is 24.0 Å². The lowest BCUT2D eigenvalue weighted by molar-refractivity contribution is 0.415. The van der Waals surface area contributed by atoms with E-state index in [9.17, 15) is 0 Å². The number of anilines is 1. The van der Waals surface area contributed by atoms with Crippen LogP contribution in [0, 0.1) is 0 Å². The molecule has 2 aromatic carbocycles. The van der Waals surface area contributed by atoms with Gasteiger partial charge in [0.25, 0.3) is 0 Å². The smallest absolute Gasteiger partial charge is 0.225 e. The molecule has 2 heterocycles. The Kier molecular flexibility index (Phi) is 4.75. The van der Waals surface area contributed by atoms with Crippen molar-refractivity contribution in [3.63, 3.8) is 0 Å². The van der Waals surface area contributed by atoms with Crippen LogP contribution in [-0.4, -0.2) is 22.3 Å². The molecule has 3 aromatic rings. The molecular weight excluding hydrogens is 426 g/mol. The van der Waals surface area contributed by atoms with Gasteiger partial charge in [-0.1, -0.05) is 23.5 Å². The van der Waals surface area contributed by atoms with E-state index < -0.39 is 0 Å². The molecule has 0 amide bonds. The summed E-state index contributed by atoms with van der Waals surface area (Å²) in [6.45, 7) is 0. The minimum atomic E-state index is 0.458. The lowest BCUT2D eigenvalue weighted by Gasteiger charge is -2.11. The number of benzene rings is 3. The van der Waals surface area contributed by atoms with Crippen LogP contribution < -0.4 is 15.5 Å². The standard InChI is InChI=1S/C20H14ClN5OS2/c1-27-13-3-5-15-16(8-13)29-17-7-12-6-11(9-21)2-4-14(12)18(19(17)23-15)24-26-20-25-22-10-28-20/h2-8,10H,9H2,1H3,(H,25,26)/b24-18-. The van der Waals surface area contributed by atoms with Crippen molar-refractivity contribution in [1.82, 2.24) is 15.2 Å². The van der Waals surface area contributed by atoms with Gasteiger partial charge in [0, 0.05) is 11.3 Å². The molecule has 1 aliphatic heterocycles. The molecule has 0 atom stereocenters. The van der Waals surface area contributed by atoms with Crippen LogP contribution in [0.2, 0.25) is 0 Å². The summed E-state index contributed by atoms with van der Waals surface area (Å²) in [6, 6.07) is 14.2. The number of ether oxygens (including phenoxy) is 1. The van der Waals surface area contributed by atoms with Crippen molar-refractivity contribution in [3.8, 4) is 16.3 Å². The van der Waals surface area contributed by atoms with Gasteiger partial charge in [-0.05, 0) is 41.3 Å². The number of hydrogen-bond acceptors (Lipinski definition) is 8. The zero-order chi connectivity index (χ0) is 19.8. The van der Waals surface area contributed by atoms with Gasteiger partial charge in [-0.3, -0.25) is 5.43 Å². The fraction of sp³-hybridized carbons (Fsp3) is 0.100. The van der Waals surface area contributed by atoms with Crippen molar-refractivity contribution in [2.24, 2.45) is 5.10 Å². The molecule has 2 aliphatic rings. The molecule has 1 aromatic heterocycles. The second-order valence-electron chi connectivity index (χ2n) is 6.28. The van der Waals surface area contributed by atoms with Crippen molar-refractivity contribution in [2.45, 2.75) is 5.88 Å². The third-order valence-electron chi connectivity index (χ3n) is 4.51. The maximum atomic E-state index is 6.05. The van der Waals surface area contributed by atoms with Crippen LogP contribution >= 0.6 is 34.3 Å². The van der Waals surface area contributed by atoms with Crippen molar-refractivity contribution in [3.05, 3.63) is 58.9 Å². The molecule has 29 heavy (non-hydrogen) atoms. The topological polar surface area (TPSA) is 72.3 Å². The predicted octanol–water partition coefficient (Wildman–Crippen LogP) is 5.08. The number of nitrogens with zero attached hydrogens (tertiary/aromatic N) is 4. The van der Waals surface area contributed by atoms with Gasteiger partial charge in [-0.2, -0.15) is 5.10 Å². The first-order chi connectivity index (χ1) is 14.2. The summed E-state index contributed by atoms with van der Waals surface area (Å²) in [7, 11) is 1.66. The Bertz CT molecular complexity index is 1370. The molecule has 0 fully saturated rings. The van der Waals surface area contributed by atoms with Gasteiger partial charge >= 0.3 is 0 Å². The highest BCUT2D eigenvalue weighted by Crippen LogP contribution is 2.33. The maximum absolute atomic E-state index is 6.05. The first-order valence-corrected chi connectivity index (χ1v) is 10.9. The van der Waals surface area contributed by atoms with E-state index in [0.29, 0.717) is 11.0 Å². The number of aromatic nitrogens is 3. The summed E-state index contributed by atoms with van der Waals surface area (Å²) in [5, 5.41) is 15.9. The summed E-state index contributed by atoms with van der Waals surface area (Å²) in [6.07, 6.45) is 0. The van der Waals surface area contributed by atoms with Gasteiger partial charge in [-0.25, -0.2) is 4.98 Å². The number of rotatable bonds is 4. The molecule has 0 saturated heterocycles. The lowest BCUT2D eigenvalue weighted by atomic mass is 10.0. The van der Waals surface area contributed by atoms with Crippen LogP contribution in [0.1, 0.15) is 5.56 Å². The fourth-order valence-electron chi connectivity index (χ4n) is 3.14. The summed E-state index contributed by atoms with van der Waals surface area (Å²) in [5.74, 6) is 1.27. The lowest BCUT2D eigenvalue weighted by Crippen LogP contribution is -2.13. The molecule has 0 spiro atoms. The van der Waals surface area contributed by atoms with Crippen molar-refractivity contribution in [2.75, 3.05) is 12.5 Å². The summed E-state index contributed by atoms with van der Waals surface area (Å²) in [5.41, 5.74) is 7.45. The van der Waals surface area contributed by atoms with Gasteiger partial charge in [0.1, 0.15) is 22.3 Å². The monoisotopic (exact) mass is 439 g/mol. The second kappa shape index (κ2) is 7.55. The van der Waals surface area contributed by atoms with E-state index in [4.69, 9.17) is 21.3 Å². The van der Waals surface area contributed by atoms with E-state index in [1.807, 2.05) is 30.3 Å². The van der Waals surface area contributed by atoms with Gasteiger partial charge in [0.15, 0.2) is 0 Å². The number of methoxy groups -OCH3 is 1. The van der Waals surface area contributed by atoms with Crippen LogP contribution in [0.4, 0.5) is 5.13 Å². The average molecular weight is 440 g/mol. The van der Waals surface area contributed by atoms with Crippen molar-refractivity contribution >= 4 is 60.4 Å². The average Bonchev–Trinajstić information content (AvgIpc) is 3.28. The first kappa shape index (κ1) is 18.2. The second-order valence-corrected chi connectivity index (χ2v) is 8.46. The molecule has 1 N–H and O–H groups in total. The Labute approximate surface area is 178 Å². The Morgan fingerprint density at radius 1 is 1.17 bits per heavy atom. The normalized spacial score (nSPS) is 12.1. The zero-order valence-corrected chi connectivity index (χ0v) is 17.6. The highest BCUT2D eigenvalue weighted by molar-refractivity contribution is 7.21. The Balaban J connectivity index is 1.83. The first-order valence-electron chi connectivity index (χ1n) is 8.71. The van der Waals surface area contributed by atoms with E-state index in [2.05, 4.69) is 32.9 Å². The predicted molar refractivity (Wildman–Crippen MR) is 119 cm³/mol. The minimum Gasteiger partial charge on any atom is -0.497 e. The van der Waals surface area contributed by atoms with E-state index >= 15 is 0 Å². The van der Waals surface area contributed by atoms with Crippen LogP contribution in [-0.2, 0) is 5.88 Å². The number of nitrogens with one attached hydrogen (secondary N) is 1. The number of halogens is 1. The molecule has 144 valence electrons. The van der Waals surface area contributed by atoms with Crippen LogP contribution in [0.25, 0.3) is 31.6 Å². The fourth-order valence-corrected chi connectivity index (χ4v) is 4.75. The van der Waals surface area contributed by atoms with Crippen LogP contribution in [0.5, 0.6) is 5.75 Å². The zero-order valence-electron chi connectivity index (χ0n) is 15.2. The summed E-state index contributed by atoms with van der Waals surface area (Å²) >= 11 is 9.10. The maximum Gasteiger partial charge on any atom is 0.225 e. The molecule has 0 saturated carbocycles. The van der Waals surface area contributed by atoms with Crippen molar-refractivity contribution in [1.29, 1.82) is 0 Å². The van der Waals surface area contributed by atoms with Gasteiger partial charge in [0.05, 0.1) is 22.2 Å². The Morgan fingerprint density at radius 2 is 2.10 bits per heavy atom. The van der Waals surface area contributed by atoms with E-state index in [0.717, 1.165) is 48.2 Å². The van der Waals surface area contributed by atoms with E-state index in [-0.39, 0.29) is 0 Å². The molecule has 0 radical (unpaired) electrons. The molecule has 0 bridgehead atoms. The number of hydrogen-bond donors (Lipinski definition) is 1. The highest BCUT2D eigenvalue weighted by atomic mass is 35.5. The molecular formula is C20H14ClN5OS2.